The van der Waals surface area contributed by atoms with E-state index in [1.54, 1.807) is 36.2 Å². The van der Waals surface area contributed by atoms with Crippen molar-refractivity contribution in [2.45, 2.75) is 32.2 Å². The van der Waals surface area contributed by atoms with E-state index >= 15 is 0 Å². The van der Waals surface area contributed by atoms with E-state index in [-0.39, 0.29) is 11.5 Å². The third-order valence-corrected chi connectivity index (χ3v) is 3.26. The fourth-order valence-electron chi connectivity index (χ4n) is 2.06. The lowest BCUT2D eigenvalue weighted by Gasteiger charge is -2.21. The van der Waals surface area contributed by atoms with Crippen LogP contribution in [0.25, 0.3) is 0 Å². The highest BCUT2D eigenvalue weighted by atomic mass is 16.4. The Bertz CT molecular complexity index is 474. The van der Waals surface area contributed by atoms with Crippen LogP contribution in [-0.2, 0) is 11.2 Å². The number of aromatic carboxylic acids is 1. The number of hydrogen-bond donors (Lipinski definition) is 2. The van der Waals surface area contributed by atoms with Crippen molar-refractivity contribution in [3.8, 4) is 0 Å². The number of amides is 1. The normalized spacial score (nSPS) is 11.9. The van der Waals surface area contributed by atoms with Crippen molar-refractivity contribution in [1.29, 1.82) is 0 Å². The van der Waals surface area contributed by atoms with Crippen LogP contribution in [0.5, 0.6) is 0 Å². The van der Waals surface area contributed by atoms with Gasteiger partial charge in [-0.25, -0.2) is 4.79 Å². The number of nitrogens with zero attached hydrogens (tertiary/aromatic N) is 1. The molecule has 0 aliphatic rings. The molecule has 0 aliphatic heterocycles. The first-order valence-corrected chi connectivity index (χ1v) is 6.79. The summed E-state index contributed by atoms with van der Waals surface area (Å²) in [4.78, 5) is 24.6. The zero-order chi connectivity index (χ0) is 15.1. The average Bonchev–Trinajstić information content (AvgIpc) is 2.44. The van der Waals surface area contributed by atoms with Gasteiger partial charge in [0.1, 0.15) is 0 Å². The second-order valence-corrected chi connectivity index (χ2v) is 4.87. The molecule has 0 heterocycles. The SMILES string of the molecule is CCC[C@@H](N)C(=O)N(C)CCc1ccccc1C(=O)O. The van der Waals surface area contributed by atoms with Gasteiger partial charge in [-0.3, -0.25) is 4.79 Å². The molecule has 3 N–H and O–H groups in total. The largest absolute Gasteiger partial charge is 0.478 e. The Morgan fingerprint density at radius 2 is 2.00 bits per heavy atom. The predicted molar refractivity (Wildman–Crippen MR) is 77.6 cm³/mol. The molecule has 1 atom stereocenters. The van der Waals surface area contributed by atoms with E-state index in [0.717, 1.165) is 12.0 Å². The first kappa shape index (κ1) is 16.2. The van der Waals surface area contributed by atoms with E-state index < -0.39 is 12.0 Å². The number of likely N-dealkylation sites (N-methyl/N-ethyl adjacent to an activating group) is 1. The average molecular weight is 278 g/mol. The fraction of sp³-hybridized carbons (Fsp3) is 0.467. The molecule has 20 heavy (non-hydrogen) atoms. The van der Waals surface area contributed by atoms with Crippen LogP contribution in [0.1, 0.15) is 35.7 Å². The number of rotatable bonds is 7. The number of nitrogens with two attached hydrogens (primary N) is 1. The summed E-state index contributed by atoms with van der Waals surface area (Å²) in [7, 11) is 1.70. The van der Waals surface area contributed by atoms with Crippen LogP contribution in [-0.4, -0.2) is 41.5 Å². The number of carbonyl (C=O) groups is 2. The lowest BCUT2D eigenvalue weighted by atomic mass is 10.0. The molecule has 1 aromatic carbocycles. The predicted octanol–water partition coefficient (Wildman–Crippen LogP) is 1.51. The summed E-state index contributed by atoms with van der Waals surface area (Å²) >= 11 is 0. The van der Waals surface area contributed by atoms with Crippen molar-refractivity contribution in [1.82, 2.24) is 4.90 Å². The molecule has 5 nitrogen and oxygen atoms in total. The number of carbonyl (C=O) groups excluding carboxylic acids is 1. The van der Waals surface area contributed by atoms with E-state index in [0.29, 0.717) is 19.4 Å². The zero-order valence-electron chi connectivity index (χ0n) is 12.0. The topological polar surface area (TPSA) is 83.6 Å². The molecular weight excluding hydrogens is 256 g/mol. The smallest absolute Gasteiger partial charge is 0.335 e. The number of hydrogen-bond acceptors (Lipinski definition) is 3. The molecule has 0 saturated carbocycles. The van der Waals surface area contributed by atoms with Crippen molar-refractivity contribution in [3.63, 3.8) is 0 Å². The van der Waals surface area contributed by atoms with Crippen LogP contribution in [0.15, 0.2) is 24.3 Å². The molecule has 1 amide bonds. The van der Waals surface area contributed by atoms with Crippen molar-refractivity contribution in [2.24, 2.45) is 5.73 Å². The molecule has 0 aromatic heterocycles. The van der Waals surface area contributed by atoms with E-state index in [4.69, 9.17) is 10.8 Å². The molecule has 0 bridgehead atoms. The highest BCUT2D eigenvalue weighted by molar-refractivity contribution is 5.89. The van der Waals surface area contributed by atoms with Crippen LogP contribution in [0, 0.1) is 0 Å². The molecule has 0 saturated heterocycles. The zero-order valence-corrected chi connectivity index (χ0v) is 12.0. The summed E-state index contributed by atoms with van der Waals surface area (Å²) in [6, 6.07) is 6.36. The quantitative estimate of drug-likeness (QED) is 0.792. The van der Waals surface area contributed by atoms with Crippen LogP contribution in [0.4, 0.5) is 0 Å². The molecule has 0 unspecified atom stereocenters. The van der Waals surface area contributed by atoms with Gasteiger partial charge >= 0.3 is 5.97 Å². The summed E-state index contributed by atoms with van der Waals surface area (Å²) in [5, 5.41) is 9.10. The lowest BCUT2D eigenvalue weighted by molar-refractivity contribution is -0.131. The molecule has 0 fully saturated rings. The van der Waals surface area contributed by atoms with Crippen molar-refractivity contribution in [3.05, 3.63) is 35.4 Å². The van der Waals surface area contributed by atoms with Gasteiger partial charge in [0.25, 0.3) is 0 Å². The summed E-state index contributed by atoms with van der Waals surface area (Å²) in [6.45, 7) is 2.44. The molecule has 110 valence electrons. The van der Waals surface area contributed by atoms with Gasteiger partial charge in [-0.15, -0.1) is 0 Å². The van der Waals surface area contributed by atoms with Gasteiger partial charge in [0.05, 0.1) is 11.6 Å². The van der Waals surface area contributed by atoms with Crippen molar-refractivity contribution in [2.75, 3.05) is 13.6 Å². The Kier molecular flexibility index (Phi) is 6.18. The first-order chi connectivity index (χ1) is 9.47. The molecule has 0 radical (unpaired) electrons. The minimum atomic E-state index is -0.947. The van der Waals surface area contributed by atoms with Gasteiger partial charge in [-0.2, -0.15) is 0 Å². The van der Waals surface area contributed by atoms with Gasteiger partial charge in [-0.1, -0.05) is 31.5 Å². The fourth-order valence-corrected chi connectivity index (χ4v) is 2.06. The summed E-state index contributed by atoms with van der Waals surface area (Å²) in [5.41, 5.74) is 6.80. The van der Waals surface area contributed by atoms with Gasteiger partial charge in [0.15, 0.2) is 0 Å². The van der Waals surface area contributed by atoms with Gasteiger partial charge < -0.3 is 15.7 Å². The van der Waals surface area contributed by atoms with Gasteiger partial charge in [-0.05, 0) is 24.5 Å². The third kappa shape index (κ3) is 4.35. The van der Waals surface area contributed by atoms with E-state index in [9.17, 15) is 9.59 Å². The maximum atomic E-state index is 12.0. The molecule has 1 aromatic rings. The molecule has 0 spiro atoms. The van der Waals surface area contributed by atoms with Crippen LogP contribution in [0.2, 0.25) is 0 Å². The van der Waals surface area contributed by atoms with Crippen LogP contribution < -0.4 is 5.73 Å². The number of carboxylic acid groups (broad SMARTS) is 1. The Hall–Kier alpha value is -1.88. The molecule has 5 heteroatoms. The first-order valence-electron chi connectivity index (χ1n) is 6.79. The van der Waals surface area contributed by atoms with E-state index in [1.165, 1.54) is 0 Å². The highest BCUT2D eigenvalue weighted by Crippen LogP contribution is 2.10. The summed E-state index contributed by atoms with van der Waals surface area (Å²) in [5.74, 6) is -1.04. The minimum absolute atomic E-state index is 0.0975. The van der Waals surface area contributed by atoms with E-state index in [1.807, 2.05) is 6.92 Å². The van der Waals surface area contributed by atoms with Crippen molar-refractivity contribution >= 4 is 11.9 Å². The maximum Gasteiger partial charge on any atom is 0.335 e. The summed E-state index contributed by atoms with van der Waals surface area (Å²) in [6.07, 6.45) is 2.03. The van der Waals surface area contributed by atoms with Crippen molar-refractivity contribution < 1.29 is 14.7 Å². The van der Waals surface area contributed by atoms with E-state index in [2.05, 4.69) is 0 Å². The van der Waals surface area contributed by atoms with Gasteiger partial charge in [0.2, 0.25) is 5.91 Å². The van der Waals surface area contributed by atoms with Crippen LogP contribution >= 0.6 is 0 Å². The van der Waals surface area contributed by atoms with Crippen LogP contribution in [0.3, 0.4) is 0 Å². The second kappa shape index (κ2) is 7.65. The Balaban J connectivity index is 2.63. The minimum Gasteiger partial charge on any atom is -0.478 e. The molecule has 0 aliphatic carbocycles. The Morgan fingerprint density at radius 1 is 1.35 bits per heavy atom. The maximum absolute atomic E-state index is 12.0. The Morgan fingerprint density at radius 3 is 2.60 bits per heavy atom. The Labute approximate surface area is 119 Å². The molecule has 1 rings (SSSR count). The number of carboxylic acids is 1. The standard InChI is InChI=1S/C15H22N2O3/c1-3-6-13(16)14(18)17(2)10-9-11-7-4-5-8-12(11)15(19)20/h4-5,7-8,13H,3,6,9-10,16H2,1-2H3,(H,19,20)/t13-/m1/s1. The van der Waals surface area contributed by atoms with Gasteiger partial charge in [0, 0.05) is 13.6 Å². The third-order valence-electron chi connectivity index (χ3n) is 3.26. The lowest BCUT2D eigenvalue weighted by Crippen LogP contribution is -2.42. The monoisotopic (exact) mass is 278 g/mol. The second-order valence-electron chi connectivity index (χ2n) is 4.87. The summed E-state index contributed by atoms with van der Waals surface area (Å²) < 4.78 is 0. The number of benzene rings is 1. The highest BCUT2D eigenvalue weighted by Gasteiger charge is 2.17. The molecular formula is C15H22N2O3.